The molecule has 2 aromatic rings. The summed E-state index contributed by atoms with van der Waals surface area (Å²) in [5.74, 6) is 0.226. The lowest BCUT2D eigenvalue weighted by molar-refractivity contribution is -0.115. The molecular weight excluding hydrogens is 336 g/mol. The van der Waals surface area contributed by atoms with E-state index in [2.05, 4.69) is 10.6 Å². The van der Waals surface area contributed by atoms with Crippen LogP contribution in [0, 0.1) is 6.92 Å². The zero-order valence-electron chi connectivity index (χ0n) is 14.8. The van der Waals surface area contributed by atoms with Crippen molar-refractivity contribution < 1.29 is 14.3 Å². The van der Waals surface area contributed by atoms with Crippen LogP contribution in [0.1, 0.15) is 19.4 Å². The average Bonchev–Trinajstić information content (AvgIpc) is 2.56. The number of methoxy groups -OCH3 is 1. The molecule has 1 atom stereocenters. The zero-order valence-corrected chi connectivity index (χ0v) is 15.6. The second-order valence-electron chi connectivity index (χ2n) is 5.66. The van der Waals surface area contributed by atoms with E-state index in [1.54, 1.807) is 18.2 Å². The van der Waals surface area contributed by atoms with Crippen molar-refractivity contribution in [3.05, 3.63) is 48.0 Å². The molecule has 0 aliphatic carbocycles. The van der Waals surface area contributed by atoms with Gasteiger partial charge in [-0.05, 0) is 44.2 Å². The molecule has 2 rings (SSSR count). The van der Waals surface area contributed by atoms with Crippen LogP contribution in [0.3, 0.4) is 0 Å². The van der Waals surface area contributed by atoms with Crippen molar-refractivity contribution in [3.8, 4) is 5.75 Å². The number of anilines is 2. The Balaban J connectivity index is 2.09. The van der Waals surface area contributed by atoms with Crippen LogP contribution < -0.4 is 15.4 Å². The van der Waals surface area contributed by atoms with Gasteiger partial charge >= 0.3 is 0 Å². The van der Waals surface area contributed by atoms with Crippen molar-refractivity contribution in [1.29, 1.82) is 0 Å². The van der Waals surface area contributed by atoms with E-state index >= 15 is 0 Å². The zero-order chi connectivity index (χ0) is 18.4. The molecule has 0 aliphatic rings. The normalized spacial score (nSPS) is 11.5. The Morgan fingerprint density at radius 2 is 1.76 bits per heavy atom. The van der Waals surface area contributed by atoms with Gasteiger partial charge in [-0.3, -0.25) is 9.59 Å². The van der Waals surface area contributed by atoms with Crippen LogP contribution in [0.2, 0.25) is 0 Å². The fourth-order valence-electron chi connectivity index (χ4n) is 2.20. The minimum absolute atomic E-state index is 0.135. The van der Waals surface area contributed by atoms with Crippen LogP contribution in [0.25, 0.3) is 0 Å². The van der Waals surface area contributed by atoms with Crippen molar-refractivity contribution in [3.63, 3.8) is 0 Å². The first kappa shape index (κ1) is 18.9. The van der Waals surface area contributed by atoms with E-state index in [0.717, 1.165) is 4.90 Å². The highest BCUT2D eigenvalue weighted by atomic mass is 32.2. The summed E-state index contributed by atoms with van der Waals surface area (Å²) in [4.78, 5) is 24.7. The number of carbonyl (C=O) groups excluding carboxylic acids is 2. The Bertz CT molecular complexity index is 760. The molecule has 0 heterocycles. The molecular formula is C19H22N2O3S. The maximum Gasteiger partial charge on any atom is 0.237 e. The van der Waals surface area contributed by atoms with Crippen LogP contribution in [0.5, 0.6) is 5.75 Å². The number of benzene rings is 2. The average molecular weight is 358 g/mol. The van der Waals surface area contributed by atoms with Gasteiger partial charge in [-0.15, -0.1) is 11.8 Å². The molecule has 0 fully saturated rings. The molecule has 0 spiro atoms. The monoisotopic (exact) mass is 358 g/mol. The van der Waals surface area contributed by atoms with E-state index in [9.17, 15) is 9.59 Å². The Morgan fingerprint density at radius 1 is 1.08 bits per heavy atom. The van der Waals surface area contributed by atoms with Gasteiger partial charge in [0, 0.05) is 17.5 Å². The van der Waals surface area contributed by atoms with Crippen molar-refractivity contribution in [2.45, 2.75) is 30.9 Å². The fraction of sp³-hybridized carbons (Fsp3) is 0.263. The van der Waals surface area contributed by atoms with E-state index in [1.165, 1.54) is 31.4 Å². The lowest BCUT2D eigenvalue weighted by Gasteiger charge is -2.15. The Labute approximate surface area is 152 Å². The second-order valence-corrected chi connectivity index (χ2v) is 7.07. The topological polar surface area (TPSA) is 67.4 Å². The Hall–Kier alpha value is -2.47. The summed E-state index contributed by atoms with van der Waals surface area (Å²) in [5.41, 5.74) is 2.30. The third kappa shape index (κ3) is 5.53. The van der Waals surface area contributed by atoms with Gasteiger partial charge in [0.1, 0.15) is 5.75 Å². The molecule has 2 N–H and O–H groups in total. The maximum atomic E-state index is 12.5. The number of nitrogens with one attached hydrogen (secondary N) is 2. The minimum Gasteiger partial charge on any atom is -0.495 e. The van der Waals surface area contributed by atoms with Gasteiger partial charge < -0.3 is 15.4 Å². The number of amides is 2. The Morgan fingerprint density at radius 3 is 2.36 bits per heavy atom. The van der Waals surface area contributed by atoms with E-state index < -0.39 is 0 Å². The van der Waals surface area contributed by atoms with Crippen LogP contribution in [0.15, 0.2) is 47.4 Å². The molecule has 25 heavy (non-hydrogen) atoms. The summed E-state index contributed by atoms with van der Waals surface area (Å²) in [6.07, 6.45) is 0. The van der Waals surface area contributed by atoms with Crippen molar-refractivity contribution in [2.24, 2.45) is 0 Å². The third-order valence-electron chi connectivity index (χ3n) is 3.48. The van der Waals surface area contributed by atoms with E-state index in [4.69, 9.17) is 4.74 Å². The molecule has 0 unspecified atom stereocenters. The summed E-state index contributed by atoms with van der Waals surface area (Å²) in [6, 6.07) is 13.2. The van der Waals surface area contributed by atoms with Gasteiger partial charge in [0.15, 0.2) is 0 Å². The molecule has 5 nitrogen and oxygen atoms in total. The van der Waals surface area contributed by atoms with E-state index in [-0.39, 0.29) is 17.1 Å². The first-order valence-corrected chi connectivity index (χ1v) is 8.77. The molecule has 6 heteroatoms. The van der Waals surface area contributed by atoms with Crippen LogP contribution in [-0.4, -0.2) is 24.2 Å². The van der Waals surface area contributed by atoms with E-state index in [0.29, 0.717) is 17.1 Å². The largest absolute Gasteiger partial charge is 0.495 e. The summed E-state index contributed by atoms with van der Waals surface area (Å²) in [7, 11) is 1.54. The molecule has 2 amide bonds. The quantitative estimate of drug-likeness (QED) is 0.764. The summed E-state index contributed by atoms with van der Waals surface area (Å²) < 4.78 is 5.28. The Kier molecular flexibility index (Phi) is 6.47. The van der Waals surface area contributed by atoms with Crippen molar-refractivity contribution >= 4 is 35.0 Å². The predicted molar refractivity (Wildman–Crippen MR) is 102 cm³/mol. The summed E-state index contributed by atoms with van der Waals surface area (Å²) in [5, 5.41) is 5.28. The van der Waals surface area contributed by atoms with Gasteiger partial charge in [-0.2, -0.15) is 0 Å². The molecule has 0 aromatic heterocycles. The molecule has 0 saturated heterocycles. The smallest absolute Gasteiger partial charge is 0.237 e. The molecule has 0 bridgehead atoms. The third-order valence-corrected chi connectivity index (χ3v) is 4.59. The molecule has 0 radical (unpaired) electrons. The van der Waals surface area contributed by atoms with Crippen molar-refractivity contribution in [1.82, 2.24) is 0 Å². The molecule has 0 saturated carbocycles. The summed E-state index contributed by atoms with van der Waals surface area (Å²) >= 11 is 1.49. The second kappa shape index (κ2) is 8.58. The summed E-state index contributed by atoms with van der Waals surface area (Å²) in [6.45, 7) is 5.31. The number of rotatable bonds is 6. The van der Waals surface area contributed by atoms with Crippen LogP contribution in [0.4, 0.5) is 11.4 Å². The first-order valence-electron chi connectivity index (χ1n) is 7.89. The number of aryl methyl sites for hydroxylation is 1. The van der Waals surface area contributed by atoms with Crippen LogP contribution in [-0.2, 0) is 9.59 Å². The molecule has 0 aliphatic heterocycles. The lowest BCUT2D eigenvalue weighted by Crippen LogP contribution is -2.22. The van der Waals surface area contributed by atoms with Gasteiger partial charge in [0.25, 0.3) is 0 Å². The van der Waals surface area contributed by atoms with Gasteiger partial charge in [0.2, 0.25) is 11.8 Å². The highest BCUT2D eigenvalue weighted by Crippen LogP contribution is 2.30. The SMILES string of the molecule is COc1ccc(NC(C)=O)cc1NC(=O)[C@H](C)Sc1ccc(C)cc1. The van der Waals surface area contributed by atoms with Gasteiger partial charge in [-0.25, -0.2) is 0 Å². The number of thioether (sulfide) groups is 1. The maximum absolute atomic E-state index is 12.5. The fourth-order valence-corrected chi connectivity index (χ4v) is 3.06. The number of ether oxygens (including phenoxy) is 1. The van der Waals surface area contributed by atoms with E-state index in [1.807, 2.05) is 38.1 Å². The van der Waals surface area contributed by atoms with Gasteiger partial charge in [0.05, 0.1) is 18.0 Å². The van der Waals surface area contributed by atoms with Gasteiger partial charge in [-0.1, -0.05) is 17.7 Å². The number of hydrogen-bond acceptors (Lipinski definition) is 4. The standard InChI is InChI=1S/C19H22N2O3S/c1-12-5-8-16(9-6-12)25-13(2)19(23)21-17-11-15(20-14(3)22)7-10-18(17)24-4/h5-11,13H,1-4H3,(H,20,22)(H,21,23)/t13-/m0/s1. The first-order chi connectivity index (χ1) is 11.9. The number of hydrogen-bond donors (Lipinski definition) is 2. The molecule has 2 aromatic carbocycles. The highest BCUT2D eigenvalue weighted by molar-refractivity contribution is 8.00. The lowest BCUT2D eigenvalue weighted by atomic mass is 10.2. The predicted octanol–water partition coefficient (Wildman–Crippen LogP) is 4.08. The minimum atomic E-state index is -0.281. The number of carbonyl (C=O) groups is 2. The van der Waals surface area contributed by atoms with Crippen molar-refractivity contribution in [2.75, 3.05) is 17.7 Å². The molecule has 132 valence electrons. The van der Waals surface area contributed by atoms with Crippen LogP contribution >= 0.6 is 11.8 Å². The highest BCUT2D eigenvalue weighted by Gasteiger charge is 2.17.